The third-order valence-electron chi connectivity index (χ3n) is 1.97. The first kappa shape index (κ1) is 16.4. The van der Waals surface area contributed by atoms with E-state index in [-0.39, 0.29) is 21.0 Å². The molecule has 0 spiro atoms. The van der Waals surface area contributed by atoms with Crippen molar-refractivity contribution in [2.45, 2.75) is 34.3 Å². The molecule has 0 heterocycles. The Labute approximate surface area is 94.2 Å². The molecule has 0 saturated carbocycles. The van der Waals surface area contributed by atoms with Gasteiger partial charge in [-0.1, -0.05) is 40.0 Å². The number of methoxy groups -OCH3 is 1. The van der Waals surface area contributed by atoms with E-state index in [1.807, 2.05) is 30.3 Å². The molecule has 0 bridgehead atoms. The third-order valence-corrected chi connectivity index (χ3v) is 1.97. The molecule has 0 amide bonds. The normalized spacial score (nSPS) is 10.8. The van der Waals surface area contributed by atoms with Gasteiger partial charge in [-0.3, -0.25) is 0 Å². The van der Waals surface area contributed by atoms with Crippen LogP contribution < -0.4 is 4.74 Å². The van der Waals surface area contributed by atoms with Gasteiger partial charge in [0, 0.05) is 7.11 Å². The molecule has 1 unspecified atom stereocenters. The zero-order valence-corrected chi connectivity index (χ0v) is 8.19. The summed E-state index contributed by atoms with van der Waals surface area (Å²) in [6, 6.07) is 9.79. The Hall–Kier alpha value is -1.02. The molecular formula is C13H24O2. The SMILES string of the molecule is C.C.CCC(COc1ccccc1)OC. The van der Waals surface area contributed by atoms with E-state index < -0.39 is 0 Å². The van der Waals surface area contributed by atoms with Crippen molar-refractivity contribution < 1.29 is 9.47 Å². The highest BCUT2D eigenvalue weighted by Crippen LogP contribution is 2.09. The van der Waals surface area contributed by atoms with E-state index in [2.05, 4.69) is 6.92 Å². The van der Waals surface area contributed by atoms with E-state index in [0.717, 1.165) is 12.2 Å². The molecule has 1 aromatic rings. The smallest absolute Gasteiger partial charge is 0.119 e. The Bertz CT molecular complexity index is 217. The fourth-order valence-corrected chi connectivity index (χ4v) is 1.06. The maximum absolute atomic E-state index is 5.52. The molecule has 88 valence electrons. The van der Waals surface area contributed by atoms with Crippen LogP contribution in [0.25, 0.3) is 0 Å². The van der Waals surface area contributed by atoms with E-state index in [1.165, 1.54) is 0 Å². The lowest BCUT2D eigenvalue weighted by molar-refractivity contribution is 0.0556. The molecule has 0 saturated heterocycles. The van der Waals surface area contributed by atoms with Crippen LogP contribution in [0.2, 0.25) is 0 Å². The minimum atomic E-state index is 0. The van der Waals surface area contributed by atoms with Crippen LogP contribution in [-0.2, 0) is 4.74 Å². The van der Waals surface area contributed by atoms with Gasteiger partial charge in [0.25, 0.3) is 0 Å². The van der Waals surface area contributed by atoms with Crippen molar-refractivity contribution in [3.8, 4) is 5.75 Å². The number of hydrogen-bond acceptors (Lipinski definition) is 2. The first-order valence-corrected chi connectivity index (χ1v) is 4.57. The lowest BCUT2D eigenvalue weighted by atomic mass is 10.3. The summed E-state index contributed by atoms with van der Waals surface area (Å²) in [6.07, 6.45) is 1.17. The molecule has 1 atom stereocenters. The molecule has 0 aromatic heterocycles. The number of rotatable bonds is 5. The number of para-hydroxylation sites is 1. The maximum atomic E-state index is 5.52. The van der Waals surface area contributed by atoms with Crippen molar-refractivity contribution in [2.75, 3.05) is 13.7 Å². The van der Waals surface area contributed by atoms with Gasteiger partial charge in [-0.05, 0) is 18.6 Å². The van der Waals surface area contributed by atoms with Crippen LogP contribution in [0.3, 0.4) is 0 Å². The van der Waals surface area contributed by atoms with Gasteiger partial charge < -0.3 is 9.47 Å². The van der Waals surface area contributed by atoms with Gasteiger partial charge in [0.15, 0.2) is 0 Å². The standard InChI is InChI=1S/C11H16O2.2CH4/c1-3-10(12-2)9-13-11-7-5-4-6-8-11;;/h4-8,10H,3,9H2,1-2H3;2*1H4. The zero-order valence-electron chi connectivity index (χ0n) is 8.19. The van der Waals surface area contributed by atoms with Crippen LogP contribution in [0.1, 0.15) is 28.2 Å². The monoisotopic (exact) mass is 212 g/mol. The Kier molecular flexibility index (Phi) is 10.4. The molecule has 1 aromatic carbocycles. The Balaban J connectivity index is 0. The van der Waals surface area contributed by atoms with Crippen LogP contribution in [-0.4, -0.2) is 19.8 Å². The van der Waals surface area contributed by atoms with Crippen LogP contribution in [0, 0.1) is 0 Å². The molecular weight excluding hydrogens is 188 g/mol. The second-order valence-corrected chi connectivity index (χ2v) is 2.89. The van der Waals surface area contributed by atoms with Crippen molar-refractivity contribution in [1.29, 1.82) is 0 Å². The van der Waals surface area contributed by atoms with Crippen LogP contribution in [0.4, 0.5) is 0 Å². The van der Waals surface area contributed by atoms with E-state index in [1.54, 1.807) is 7.11 Å². The maximum Gasteiger partial charge on any atom is 0.119 e. The van der Waals surface area contributed by atoms with E-state index in [9.17, 15) is 0 Å². The summed E-state index contributed by atoms with van der Waals surface area (Å²) >= 11 is 0. The first-order valence-electron chi connectivity index (χ1n) is 4.57. The van der Waals surface area contributed by atoms with E-state index in [0.29, 0.717) is 6.61 Å². The number of benzene rings is 1. The summed E-state index contributed by atoms with van der Waals surface area (Å²) in [7, 11) is 1.71. The predicted molar refractivity (Wildman–Crippen MR) is 66.5 cm³/mol. The molecule has 0 aliphatic carbocycles. The fraction of sp³-hybridized carbons (Fsp3) is 0.538. The van der Waals surface area contributed by atoms with Crippen LogP contribution in [0.5, 0.6) is 5.75 Å². The van der Waals surface area contributed by atoms with E-state index >= 15 is 0 Å². The summed E-state index contributed by atoms with van der Waals surface area (Å²) in [5.41, 5.74) is 0. The summed E-state index contributed by atoms with van der Waals surface area (Å²) < 4.78 is 10.7. The third kappa shape index (κ3) is 6.13. The summed E-state index contributed by atoms with van der Waals surface area (Å²) in [5.74, 6) is 0.901. The minimum absolute atomic E-state index is 0. The Morgan fingerprint density at radius 3 is 2.20 bits per heavy atom. The Morgan fingerprint density at radius 2 is 1.73 bits per heavy atom. The lowest BCUT2D eigenvalue weighted by Crippen LogP contribution is -2.18. The highest BCUT2D eigenvalue weighted by Gasteiger charge is 2.03. The van der Waals surface area contributed by atoms with Crippen LogP contribution >= 0.6 is 0 Å². The molecule has 0 radical (unpaired) electrons. The van der Waals surface area contributed by atoms with Gasteiger partial charge in [-0.15, -0.1) is 0 Å². The van der Waals surface area contributed by atoms with Crippen molar-refractivity contribution in [2.24, 2.45) is 0 Å². The van der Waals surface area contributed by atoms with Gasteiger partial charge >= 0.3 is 0 Å². The molecule has 1 rings (SSSR count). The lowest BCUT2D eigenvalue weighted by Gasteiger charge is -2.13. The number of ether oxygens (including phenoxy) is 2. The fourth-order valence-electron chi connectivity index (χ4n) is 1.06. The molecule has 0 aliphatic rings. The average molecular weight is 212 g/mol. The Morgan fingerprint density at radius 1 is 1.13 bits per heavy atom. The molecule has 0 aliphatic heterocycles. The van der Waals surface area contributed by atoms with Gasteiger partial charge in [0.1, 0.15) is 12.4 Å². The highest BCUT2D eigenvalue weighted by molar-refractivity contribution is 5.20. The quantitative estimate of drug-likeness (QED) is 0.739. The average Bonchev–Trinajstić information content (AvgIpc) is 2.21. The number of hydrogen-bond donors (Lipinski definition) is 0. The second kappa shape index (κ2) is 9.53. The van der Waals surface area contributed by atoms with Gasteiger partial charge in [-0.25, -0.2) is 0 Å². The highest BCUT2D eigenvalue weighted by atomic mass is 16.5. The second-order valence-electron chi connectivity index (χ2n) is 2.89. The van der Waals surface area contributed by atoms with Gasteiger partial charge in [0.05, 0.1) is 6.10 Å². The van der Waals surface area contributed by atoms with Crippen molar-refractivity contribution in [3.63, 3.8) is 0 Å². The molecule has 0 N–H and O–H groups in total. The van der Waals surface area contributed by atoms with Crippen LogP contribution in [0.15, 0.2) is 30.3 Å². The van der Waals surface area contributed by atoms with Gasteiger partial charge in [-0.2, -0.15) is 0 Å². The minimum Gasteiger partial charge on any atom is -0.491 e. The summed E-state index contributed by atoms with van der Waals surface area (Å²) in [4.78, 5) is 0. The van der Waals surface area contributed by atoms with Gasteiger partial charge in [0.2, 0.25) is 0 Å². The van der Waals surface area contributed by atoms with Crippen molar-refractivity contribution in [1.82, 2.24) is 0 Å². The topological polar surface area (TPSA) is 18.5 Å². The van der Waals surface area contributed by atoms with Crippen molar-refractivity contribution >= 4 is 0 Å². The molecule has 15 heavy (non-hydrogen) atoms. The summed E-state index contributed by atoms with van der Waals surface area (Å²) in [5, 5.41) is 0. The predicted octanol–water partition coefficient (Wildman–Crippen LogP) is 3.76. The molecule has 2 nitrogen and oxygen atoms in total. The molecule has 0 fully saturated rings. The van der Waals surface area contributed by atoms with Crippen molar-refractivity contribution in [3.05, 3.63) is 30.3 Å². The zero-order chi connectivity index (χ0) is 9.52. The first-order chi connectivity index (χ1) is 6.36. The van der Waals surface area contributed by atoms with E-state index in [4.69, 9.17) is 9.47 Å². The largest absolute Gasteiger partial charge is 0.491 e. The molecule has 2 heteroatoms. The summed E-state index contributed by atoms with van der Waals surface area (Å²) in [6.45, 7) is 2.71.